The average Bonchev–Trinajstić information content (AvgIpc) is 2.26. The van der Waals surface area contributed by atoms with Crippen LogP contribution < -0.4 is 0 Å². The first-order valence-corrected chi connectivity index (χ1v) is 6.01. The fourth-order valence-corrected chi connectivity index (χ4v) is 2.11. The molecule has 0 saturated carbocycles. The Balaban J connectivity index is 3.41. The van der Waals surface area contributed by atoms with Crippen molar-refractivity contribution in [1.29, 1.82) is 0 Å². The summed E-state index contributed by atoms with van der Waals surface area (Å²) in [4.78, 5) is 21.5. The molecule has 86 valence electrons. The minimum atomic E-state index is -0.978. The maximum atomic E-state index is 11.2. The van der Waals surface area contributed by atoms with Gasteiger partial charge in [0.15, 0.2) is 5.78 Å². The van der Waals surface area contributed by atoms with Crippen LogP contribution in [0.15, 0.2) is 18.2 Å². The van der Waals surface area contributed by atoms with Gasteiger partial charge in [0.05, 0.1) is 10.5 Å². The third-order valence-electron chi connectivity index (χ3n) is 2.12. The summed E-state index contributed by atoms with van der Waals surface area (Å²) in [5.74, 6) is -0.307. The molecular weight excluding hydrogens is 297 g/mol. The molecule has 6 heteroatoms. The predicted octanol–water partition coefficient (Wildman–Crippen LogP) is 3.36. The molecule has 0 bridgehead atoms. The van der Waals surface area contributed by atoms with Crippen LogP contribution in [0.4, 0.5) is 5.69 Å². The lowest BCUT2D eigenvalue weighted by molar-refractivity contribution is -0.385. The molecule has 0 radical (unpaired) electrons. The van der Waals surface area contributed by atoms with Crippen LogP contribution in [0.1, 0.15) is 23.4 Å². The minimum absolute atomic E-state index is 0.118. The highest BCUT2D eigenvalue weighted by molar-refractivity contribution is 9.08. The van der Waals surface area contributed by atoms with Crippen molar-refractivity contribution in [3.05, 3.63) is 39.4 Å². The molecule has 0 aliphatic carbocycles. The molecule has 0 N–H and O–H groups in total. The number of alkyl halides is 2. The molecule has 1 aromatic carbocycles. The number of carbonyl (C=O) groups excluding carboxylic acids is 1. The maximum absolute atomic E-state index is 11.2. The monoisotopic (exact) mass is 305 g/mol. The van der Waals surface area contributed by atoms with Crippen LogP contribution in [0.5, 0.6) is 0 Å². The number of Topliss-reactive ketones (excluding diaryl/α,β-unsaturated/α-hetero) is 1. The highest BCUT2D eigenvalue weighted by atomic mass is 79.9. The van der Waals surface area contributed by atoms with E-state index >= 15 is 0 Å². The Morgan fingerprint density at radius 1 is 1.62 bits per heavy atom. The Labute approximate surface area is 106 Å². The molecule has 0 fully saturated rings. The summed E-state index contributed by atoms with van der Waals surface area (Å²) in [6.07, 6.45) is 0. The molecule has 16 heavy (non-hydrogen) atoms. The van der Waals surface area contributed by atoms with Gasteiger partial charge in [-0.05, 0) is 12.5 Å². The second kappa shape index (κ2) is 5.41. The fourth-order valence-electron chi connectivity index (χ4n) is 1.37. The molecule has 1 unspecified atom stereocenters. The lowest BCUT2D eigenvalue weighted by Crippen LogP contribution is -2.08. The summed E-state index contributed by atoms with van der Waals surface area (Å²) in [5.41, 5.74) is 0.815. The topological polar surface area (TPSA) is 60.2 Å². The number of benzene rings is 1. The molecule has 0 aliphatic heterocycles. The molecule has 0 heterocycles. The number of nitrogens with zero attached hydrogens (tertiary/aromatic N) is 1. The van der Waals surface area contributed by atoms with Gasteiger partial charge in [0.1, 0.15) is 5.38 Å². The first-order chi connectivity index (χ1) is 7.49. The second-order valence-electron chi connectivity index (χ2n) is 3.21. The Kier molecular flexibility index (Phi) is 4.44. The van der Waals surface area contributed by atoms with E-state index in [0.29, 0.717) is 10.9 Å². The fraction of sp³-hybridized carbons (Fsp3) is 0.300. The quantitative estimate of drug-likeness (QED) is 0.487. The van der Waals surface area contributed by atoms with E-state index in [4.69, 9.17) is 11.6 Å². The minimum Gasteiger partial charge on any atom is -0.298 e. The van der Waals surface area contributed by atoms with Gasteiger partial charge < -0.3 is 0 Å². The second-order valence-corrected chi connectivity index (χ2v) is 4.21. The van der Waals surface area contributed by atoms with Gasteiger partial charge in [-0.25, -0.2) is 0 Å². The molecule has 4 nitrogen and oxygen atoms in total. The van der Waals surface area contributed by atoms with E-state index in [1.54, 1.807) is 12.1 Å². The van der Waals surface area contributed by atoms with Crippen molar-refractivity contribution < 1.29 is 9.72 Å². The molecule has 0 aliphatic rings. The van der Waals surface area contributed by atoms with Gasteiger partial charge in [-0.1, -0.05) is 28.1 Å². The van der Waals surface area contributed by atoms with Crippen molar-refractivity contribution in [3.63, 3.8) is 0 Å². The van der Waals surface area contributed by atoms with Crippen LogP contribution in [0.25, 0.3) is 0 Å². The predicted molar refractivity (Wildman–Crippen MR) is 65.0 cm³/mol. The SMILES string of the molecule is CC(=O)C(Cl)c1c(CBr)cccc1[N+](=O)[O-]. The number of nitro benzene ring substituents is 1. The zero-order valence-corrected chi connectivity index (χ0v) is 10.8. The smallest absolute Gasteiger partial charge is 0.274 e. The van der Waals surface area contributed by atoms with Gasteiger partial charge in [-0.3, -0.25) is 14.9 Å². The first kappa shape index (κ1) is 13.1. The maximum Gasteiger partial charge on any atom is 0.274 e. The van der Waals surface area contributed by atoms with Crippen molar-refractivity contribution >= 4 is 39.0 Å². The Bertz CT molecular complexity index is 436. The molecule has 1 aromatic rings. The summed E-state index contributed by atoms with van der Waals surface area (Å²) in [6, 6.07) is 4.62. The normalized spacial score (nSPS) is 12.2. The summed E-state index contributed by atoms with van der Waals surface area (Å²) >= 11 is 9.12. The number of rotatable bonds is 4. The molecule has 0 spiro atoms. The van der Waals surface area contributed by atoms with E-state index in [0.717, 1.165) is 0 Å². The van der Waals surface area contributed by atoms with Gasteiger partial charge in [0.25, 0.3) is 5.69 Å². The zero-order chi connectivity index (χ0) is 12.3. The number of halogens is 2. The largest absolute Gasteiger partial charge is 0.298 e. The summed E-state index contributed by atoms with van der Waals surface area (Å²) in [5, 5.41) is 10.3. The van der Waals surface area contributed by atoms with E-state index in [9.17, 15) is 14.9 Å². The van der Waals surface area contributed by atoms with Crippen molar-refractivity contribution in [2.45, 2.75) is 17.6 Å². The molecule has 1 atom stereocenters. The third kappa shape index (κ3) is 2.59. The van der Waals surface area contributed by atoms with Crippen LogP contribution >= 0.6 is 27.5 Å². The summed E-state index contributed by atoms with van der Waals surface area (Å²) in [7, 11) is 0. The highest BCUT2D eigenvalue weighted by Crippen LogP contribution is 2.34. The van der Waals surface area contributed by atoms with E-state index < -0.39 is 10.3 Å². The van der Waals surface area contributed by atoms with Crippen molar-refractivity contribution in [1.82, 2.24) is 0 Å². The first-order valence-electron chi connectivity index (χ1n) is 4.45. The van der Waals surface area contributed by atoms with E-state index in [2.05, 4.69) is 15.9 Å². The lowest BCUT2D eigenvalue weighted by atomic mass is 10.0. The number of hydrogen-bond acceptors (Lipinski definition) is 3. The molecule has 0 amide bonds. The van der Waals surface area contributed by atoms with Crippen LogP contribution in [-0.4, -0.2) is 10.7 Å². The van der Waals surface area contributed by atoms with Crippen LogP contribution in [0.3, 0.4) is 0 Å². The van der Waals surface area contributed by atoms with Crippen molar-refractivity contribution in [2.75, 3.05) is 0 Å². The number of carbonyl (C=O) groups is 1. The highest BCUT2D eigenvalue weighted by Gasteiger charge is 2.26. The van der Waals surface area contributed by atoms with E-state index in [1.807, 2.05) is 0 Å². The molecule has 1 rings (SSSR count). The van der Waals surface area contributed by atoms with Crippen LogP contribution in [0, 0.1) is 10.1 Å². The average molecular weight is 307 g/mol. The van der Waals surface area contributed by atoms with Crippen molar-refractivity contribution in [3.8, 4) is 0 Å². The van der Waals surface area contributed by atoms with Gasteiger partial charge in [0.2, 0.25) is 0 Å². The van der Waals surface area contributed by atoms with E-state index in [1.165, 1.54) is 13.0 Å². The van der Waals surface area contributed by atoms with Crippen LogP contribution in [-0.2, 0) is 10.1 Å². The standard InChI is InChI=1S/C10H9BrClNO3/c1-6(14)10(12)9-7(5-11)3-2-4-8(9)13(15)16/h2-4,10H,5H2,1H3. The Morgan fingerprint density at radius 3 is 2.69 bits per heavy atom. The lowest BCUT2D eigenvalue weighted by Gasteiger charge is -2.11. The Morgan fingerprint density at radius 2 is 2.25 bits per heavy atom. The number of ketones is 1. The van der Waals surface area contributed by atoms with Gasteiger partial charge in [-0.2, -0.15) is 0 Å². The molecular formula is C10H9BrClNO3. The number of hydrogen-bond donors (Lipinski definition) is 0. The molecule has 0 aromatic heterocycles. The summed E-state index contributed by atoms with van der Waals surface area (Å²) in [6.45, 7) is 1.31. The zero-order valence-electron chi connectivity index (χ0n) is 8.44. The van der Waals surface area contributed by atoms with Crippen LogP contribution in [0.2, 0.25) is 0 Å². The van der Waals surface area contributed by atoms with Gasteiger partial charge in [0, 0.05) is 11.4 Å². The van der Waals surface area contributed by atoms with Crippen molar-refractivity contribution in [2.24, 2.45) is 0 Å². The third-order valence-corrected chi connectivity index (χ3v) is 3.25. The van der Waals surface area contributed by atoms with Gasteiger partial charge >= 0.3 is 0 Å². The Hall–Kier alpha value is -0.940. The van der Waals surface area contributed by atoms with E-state index in [-0.39, 0.29) is 17.0 Å². The number of nitro groups is 1. The summed E-state index contributed by atoms with van der Waals surface area (Å²) < 4.78 is 0. The molecule has 0 saturated heterocycles. The van der Waals surface area contributed by atoms with Gasteiger partial charge in [-0.15, -0.1) is 11.6 Å².